The van der Waals surface area contributed by atoms with Crippen LogP contribution in [0.15, 0.2) is 48.5 Å². The lowest BCUT2D eigenvalue weighted by molar-refractivity contribution is 0.0654. The van der Waals surface area contributed by atoms with Crippen molar-refractivity contribution in [3.05, 3.63) is 115 Å². The summed E-state index contributed by atoms with van der Waals surface area (Å²) in [4.78, 5) is 0. The lowest BCUT2D eigenvalue weighted by Gasteiger charge is -2.21. The summed E-state index contributed by atoms with van der Waals surface area (Å²) in [5.74, 6) is 0.417. The van der Waals surface area contributed by atoms with Gasteiger partial charge in [-0.3, -0.25) is 0 Å². The number of phenols is 4. The molecule has 280 valence electrons. The van der Waals surface area contributed by atoms with Crippen LogP contribution in [0.1, 0.15) is 122 Å². The average Bonchev–Trinajstić information content (AvgIpc) is 3.07. The minimum absolute atomic E-state index is 0.00528. The Bertz CT molecular complexity index is 1490. The van der Waals surface area contributed by atoms with Gasteiger partial charge in [0.15, 0.2) is 0 Å². The van der Waals surface area contributed by atoms with Gasteiger partial charge in [-0.15, -0.1) is 0 Å². The fourth-order valence-corrected chi connectivity index (χ4v) is 6.61. The Labute approximate surface area is 309 Å². The first-order chi connectivity index (χ1) is 24.7. The van der Waals surface area contributed by atoms with Gasteiger partial charge in [-0.25, -0.2) is 0 Å². The summed E-state index contributed by atoms with van der Waals surface area (Å²) in [6, 6.07) is 15.4. The number of ether oxygens (including phenoxy) is 4. The molecule has 4 aromatic carbocycles. The van der Waals surface area contributed by atoms with Gasteiger partial charge in [-0.2, -0.15) is 0 Å². The van der Waals surface area contributed by atoms with Crippen molar-refractivity contribution in [2.24, 2.45) is 0 Å². The van der Waals surface area contributed by atoms with E-state index in [2.05, 4.69) is 0 Å². The Morgan fingerprint density at radius 3 is 0.635 bits per heavy atom. The predicted molar refractivity (Wildman–Crippen MR) is 203 cm³/mol. The summed E-state index contributed by atoms with van der Waals surface area (Å²) in [6.07, 6.45) is 0.972. The number of phenolic OH excluding ortho intramolecular Hbond substituents is 4. The molecule has 1 aliphatic rings. The third-order valence-electron chi connectivity index (χ3n) is 9.17. The highest BCUT2D eigenvalue weighted by atomic mass is 16.5. The molecule has 0 amide bonds. The molecule has 8 bridgehead atoms. The van der Waals surface area contributed by atoms with E-state index in [4.69, 9.17) is 18.9 Å². The van der Waals surface area contributed by atoms with Gasteiger partial charge >= 0.3 is 0 Å². The fraction of sp³-hybridized carbons (Fsp3) is 0.455. The van der Waals surface area contributed by atoms with Crippen LogP contribution in [0.4, 0.5) is 0 Å². The largest absolute Gasteiger partial charge is 0.507 e. The average molecular weight is 713 g/mol. The quantitative estimate of drug-likeness (QED) is 0.101. The standard InChI is InChI=1S/C44H56O8/c1-25(2)49-21-29-9-33-17-35-11-30(22-50-26(3)4)13-37(42(35)46)19-39-15-32(24-52-28(7)8)16-40(44(39)48)20-38-14-31(23-51-27(5)6)12-36(43(38)47)18-34(10-29)41(33)45/h9-16,25-28,45-48H,17-24H2,1-8H3. The SMILES string of the molecule is CC(C)OCc1cc2c(O)c(c1)Cc1cc(COC(C)C)cc(c1O)Cc1cc(COC(C)C)cc(c1O)Cc1cc(COC(C)C)cc(c1O)C2. The van der Waals surface area contributed by atoms with Crippen molar-refractivity contribution in [2.45, 2.75) is 132 Å². The summed E-state index contributed by atoms with van der Waals surface area (Å²) >= 11 is 0. The van der Waals surface area contributed by atoms with Crippen LogP contribution in [-0.4, -0.2) is 44.8 Å². The lowest BCUT2D eigenvalue weighted by atomic mass is 9.88. The highest BCUT2D eigenvalue weighted by Gasteiger charge is 2.22. The van der Waals surface area contributed by atoms with Gasteiger partial charge in [0, 0.05) is 25.7 Å². The molecule has 4 aromatic rings. The van der Waals surface area contributed by atoms with Crippen molar-refractivity contribution in [3.63, 3.8) is 0 Å². The first kappa shape index (κ1) is 39.1. The van der Waals surface area contributed by atoms with E-state index < -0.39 is 0 Å². The van der Waals surface area contributed by atoms with E-state index >= 15 is 0 Å². The van der Waals surface area contributed by atoms with Gasteiger partial charge in [0.05, 0.1) is 50.8 Å². The number of benzene rings is 4. The Morgan fingerprint density at radius 1 is 0.346 bits per heavy atom. The number of hydrogen-bond donors (Lipinski definition) is 4. The van der Waals surface area contributed by atoms with E-state index in [1.54, 1.807) is 0 Å². The molecule has 0 saturated carbocycles. The number of aromatic hydroxyl groups is 4. The van der Waals surface area contributed by atoms with Gasteiger partial charge < -0.3 is 39.4 Å². The number of hydrogen-bond acceptors (Lipinski definition) is 8. The van der Waals surface area contributed by atoms with E-state index in [9.17, 15) is 20.4 Å². The van der Waals surface area contributed by atoms with Gasteiger partial charge in [0.2, 0.25) is 0 Å². The second kappa shape index (κ2) is 17.2. The van der Waals surface area contributed by atoms with Gasteiger partial charge in [-0.05, 0) is 171 Å². The summed E-state index contributed by atoms with van der Waals surface area (Å²) in [6.45, 7) is 17.2. The topological polar surface area (TPSA) is 118 Å². The molecule has 1 aliphatic carbocycles. The zero-order chi connectivity index (χ0) is 37.7. The van der Waals surface area contributed by atoms with Crippen LogP contribution in [0.3, 0.4) is 0 Å². The van der Waals surface area contributed by atoms with Crippen LogP contribution in [-0.2, 0) is 71.1 Å². The van der Waals surface area contributed by atoms with Crippen LogP contribution < -0.4 is 0 Å². The van der Waals surface area contributed by atoms with Crippen molar-refractivity contribution in [2.75, 3.05) is 0 Å². The summed E-state index contributed by atoms with van der Waals surface area (Å²) in [5, 5.41) is 47.4. The molecule has 0 radical (unpaired) electrons. The first-order valence-corrected chi connectivity index (χ1v) is 18.5. The maximum atomic E-state index is 11.9. The molecule has 0 unspecified atom stereocenters. The Hall–Kier alpha value is -4.08. The second-order valence-corrected chi connectivity index (χ2v) is 15.2. The maximum absolute atomic E-state index is 11.9. The molecule has 4 N–H and O–H groups in total. The molecule has 5 rings (SSSR count). The zero-order valence-electron chi connectivity index (χ0n) is 32.0. The Morgan fingerprint density at radius 2 is 0.500 bits per heavy atom. The third-order valence-corrected chi connectivity index (χ3v) is 9.17. The summed E-state index contributed by atoms with van der Waals surface area (Å²) < 4.78 is 24.0. The normalized spacial score (nSPS) is 13.2. The summed E-state index contributed by atoms with van der Waals surface area (Å²) in [5.41, 5.74) is 8.58. The molecule has 0 aromatic heterocycles. The fourth-order valence-electron chi connectivity index (χ4n) is 6.61. The van der Waals surface area contributed by atoms with E-state index in [1.807, 2.05) is 104 Å². The van der Waals surface area contributed by atoms with Crippen molar-refractivity contribution in [1.29, 1.82) is 0 Å². The second-order valence-electron chi connectivity index (χ2n) is 15.2. The van der Waals surface area contributed by atoms with Gasteiger partial charge in [0.25, 0.3) is 0 Å². The molecule has 0 spiro atoms. The first-order valence-electron chi connectivity index (χ1n) is 18.5. The molecule has 0 fully saturated rings. The van der Waals surface area contributed by atoms with Crippen molar-refractivity contribution >= 4 is 0 Å². The van der Waals surface area contributed by atoms with Gasteiger partial charge in [0.1, 0.15) is 23.0 Å². The zero-order valence-corrected chi connectivity index (χ0v) is 32.0. The summed E-state index contributed by atoms with van der Waals surface area (Å²) in [7, 11) is 0. The van der Waals surface area contributed by atoms with Crippen LogP contribution >= 0.6 is 0 Å². The van der Waals surface area contributed by atoms with E-state index in [-0.39, 0.29) is 73.1 Å². The molecule has 52 heavy (non-hydrogen) atoms. The Balaban J connectivity index is 1.76. The predicted octanol–water partition coefficient (Wildman–Crippen LogP) is 8.89. The van der Waals surface area contributed by atoms with Crippen molar-refractivity contribution < 1.29 is 39.4 Å². The maximum Gasteiger partial charge on any atom is 0.122 e. The number of rotatable bonds is 12. The van der Waals surface area contributed by atoms with E-state index in [1.165, 1.54) is 0 Å². The van der Waals surface area contributed by atoms with E-state index in [0.717, 1.165) is 22.3 Å². The van der Waals surface area contributed by atoms with Crippen molar-refractivity contribution in [3.8, 4) is 23.0 Å². The molecule has 8 heteroatoms. The molecule has 0 aliphatic heterocycles. The van der Waals surface area contributed by atoms with Crippen LogP contribution in [0.2, 0.25) is 0 Å². The molecular formula is C44H56O8. The van der Waals surface area contributed by atoms with Crippen LogP contribution in [0.25, 0.3) is 0 Å². The minimum Gasteiger partial charge on any atom is -0.507 e. The highest BCUT2D eigenvalue weighted by Crippen LogP contribution is 2.39. The van der Waals surface area contributed by atoms with Crippen LogP contribution in [0.5, 0.6) is 23.0 Å². The Kier molecular flexibility index (Phi) is 12.9. The van der Waals surface area contributed by atoms with E-state index in [0.29, 0.717) is 70.9 Å². The smallest absolute Gasteiger partial charge is 0.122 e. The van der Waals surface area contributed by atoms with Crippen molar-refractivity contribution in [1.82, 2.24) is 0 Å². The monoisotopic (exact) mass is 712 g/mol. The van der Waals surface area contributed by atoms with Crippen LogP contribution in [0, 0.1) is 0 Å². The molecule has 0 heterocycles. The highest BCUT2D eigenvalue weighted by molar-refractivity contribution is 5.57. The van der Waals surface area contributed by atoms with Gasteiger partial charge in [-0.1, -0.05) is 0 Å². The molecule has 8 nitrogen and oxygen atoms in total. The molecule has 0 atom stereocenters. The third kappa shape index (κ3) is 10.1. The molecule has 0 saturated heterocycles. The molecular weight excluding hydrogens is 656 g/mol. The lowest BCUT2D eigenvalue weighted by Crippen LogP contribution is -2.08. The minimum atomic E-state index is 0.00528. The number of fused-ring (bicyclic) bond motifs is 8.